The van der Waals surface area contributed by atoms with Crippen LogP contribution in [0.5, 0.6) is 5.75 Å². The van der Waals surface area contributed by atoms with Gasteiger partial charge in [-0.05, 0) is 66.6 Å². The molecule has 1 heterocycles. The molecule has 0 aliphatic rings. The number of ether oxygens (including phenoxy) is 1. The normalized spacial score (nSPS) is 11.4. The van der Waals surface area contributed by atoms with Gasteiger partial charge >= 0.3 is 5.57 Å². The lowest BCUT2D eigenvalue weighted by atomic mass is 10.1. The molecule has 1 amide bonds. The quantitative estimate of drug-likeness (QED) is 0.419. The summed E-state index contributed by atoms with van der Waals surface area (Å²) in [4.78, 5) is 12.4. The van der Waals surface area contributed by atoms with Gasteiger partial charge in [0.05, 0.1) is 11.4 Å². The Bertz CT molecular complexity index is 1030. The minimum atomic E-state index is -3.79. The summed E-state index contributed by atoms with van der Waals surface area (Å²) in [5.74, 6) is -0.214. The van der Waals surface area contributed by atoms with Crippen molar-refractivity contribution in [1.29, 1.82) is 0 Å². The van der Waals surface area contributed by atoms with Gasteiger partial charge in [-0.1, -0.05) is 29.5 Å². The zero-order valence-electron chi connectivity index (χ0n) is 16.3. The van der Waals surface area contributed by atoms with Crippen LogP contribution in [0.4, 0.5) is 14.5 Å². The zero-order chi connectivity index (χ0) is 21.9. The Balaban J connectivity index is 1.66. The summed E-state index contributed by atoms with van der Waals surface area (Å²) in [6.45, 7) is 5.88. The number of aryl methyl sites for hydroxylation is 3. The number of hydrogen-bond donors (Lipinski definition) is 1. The monoisotopic (exact) mass is 453 g/mol. The van der Waals surface area contributed by atoms with Crippen molar-refractivity contribution < 1.29 is 18.3 Å². The summed E-state index contributed by atoms with van der Waals surface area (Å²) in [7, 11) is 0. The number of thioether (sulfide) groups is 1. The average molecular weight is 454 g/mol. The number of rotatable bonds is 7. The van der Waals surface area contributed by atoms with E-state index < -0.39 is 5.57 Å². The molecule has 0 saturated carbocycles. The third-order valence-corrected chi connectivity index (χ3v) is 5.03. The van der Waals surface area contributed by atoms with E-state index in [1.807, 2.05) is 32.9 Å². The molecule has 30 heavy (non-hydrogen) atoms. The molecule has 1 N–H and O–H groups in total. The molecule has 3 aromatic rings. The fraction of sp³-hybridized carbons (Fsp3) is 0.263. The summed E-state index contributed by atoms with van der Waals surface area (Å²) >= 11 is 5.90. The minimum Gasteiger partial charge on any atom is -0.420 e. The summed E-state index contributed by atoms with van der Waals surface area (Å²) < 4.78 is 31.1. The van der Waals surface area contributed by atoms with Crippen molar-refractivity contribution in [3.8, 4) is 11.4 Å². The molecule has 0 saturated heterocycles. The number of carbonyl (C=O) groups is 1. The molecule has 0 unspecified atom stereocenters. The summed E-state index contributed by atoms with van der Waals surface area (Å²) in [5.41, 5.74) is 0.610. The SMILES string of the molecule is Cc1cc(C)c(NC(=O)CSc2nnnn2-c2ccc(OC(F)(F)Cl)cc2)c(C)c1. The standard InChI is InChI=1S/C19H18ClF2N5O2S/c1-11-8-12(2)17(13(3)9-11)23-16(28)10-30-18-24-25-26-27(18)14-4-6-15(7-5-14)29-19(20,21)22/h4-9H,10H2,1-3H3,(H,23,28). The largest absolute Gasteiger partial charge is 0.487 e. The van der Waals surface area contributed by atoms with Crippen LogP contribution < -0.4 is 10.1 Å². The number of benzene rings is 2. The molecule has 11 heteroatoms. The molecule has 2 aromatic carbocycles. The van der Waals surface area contributed by atoms with E-state index in [1.165, 1.54) is 28.9 Å². The molecule has 7 nitrogen and oxygen atoms in total. The van der Waals surface area contributed by atoms with Gasteiger partial charge in [-0.3, -0.25) is 4.79 Å². The van der Waals surface area contributed by atoms with Gasteiger partial charge in [0, 0.05) is 17.3 Å². The van der Waals surface area contributed by atoms with Crippen molar-refractivity contribution in [2.75, 3.05) is 11.1 Å². The highest BCUT2D eigenvalue weighted by atomic mass is 35.5. The molecule has 0 aliphatic carbocycles. The highest BCUT2D eigenvalue weighted by Crippen LogP contribution is 2.27. The van der Waals surface area contributed by atoms with Crippen LogP contribution in [0.25, 0.3) is 5.69 Å². The fourth-order valence-electron chi connectivity index (χ4n) is 2.90. The second kappa shape index (κ2) is 8.97. The minimum absolute atomic E-state index is 0.0901. The number of alkyl halides is 3. The Hall–Kier alpha value is -2.72. The molecule has 0 fully saturated rings. The average Bonchev–Trinajstić information content (AvgIpc) is 3.11. The molecular formula is C19H18ClF2N5O2S. The van der Waals surface area contributed by atoms with Crippen LogP contribution in [0.2, 0.25) is 0 Å². The number of anilines is 1. The fourth-order valence-corrected chi connectivity index (χ4v) is 3.68. The van der Waals surface area contributed by atoms with Gasteiger partial charge in [0.2, 0.25) is 11.1 Å². The Morgan fingerprint density at radius 3 is 2.43 bits per heavy atom. The molecule has 3 rings (SSSR count). The van der Waals surface area contributed by atoms with E-state index >= 15 is 0 Å². The Morgan fingerprint density at radius 1 is 1.20 bits per heavy atom. The number of carbonyl (C=O) groups excluding carboxylic acids is 1. The van der Waals surface area contributed by atoms with Gasteiger partial charge in [0.25, 0.3) is 0 Å². The Labute approximate surface area is 180 Å². The topological polar surface area (TPSA) is 81.9 Å². The van der Waals surface area contributed by atoms with Crippen LogP contribution in [0.1, 0.15) is 16.7 Å². The van der Waals surface area contributed by atoms with Crippen molar-refractivity contribution in [3.63, 3.8) is 0 Å². The van der Waals surface area contributed by atoms with Crippen LogP contribution in [0, 0.1) is 20.8 Å². The number of nitrogens with zero attached hydrogens (tertiary/aromatic N) is 4. The summed E-state index contributed by atoms with van der Waals surface area (Å²) in [6.07, 6.45) is 0. The van der Waals surface area contributed by atoms with Gasteiger partial charge in [0.15, 0.2) is 0 Å². The smallest absolute Gasteiger partial charge is 0.420 e. The molecule has 0 bridgehead atoms. The van der Waals surface area contributed by atoms with Crippen LogP contribution in [-0.4, -0.2) is 37.4 Å². The lowest BCUT2D eigenvalue weighted by molar-refractivity contribution is -0.113. The van der Waals surface area contributed by atoms with Crippen LogP contribution in [0.3, 0.4) is 0 Å². The van der Waals surface area contributed by atoms with Gasteiger partial charge < -0.3 is 10.1 Å². The molecule has 0 spiro atoms. The lowest BCUT2D eigenvalue weighted by Gasteiger charge is -2.13. The summed E-state index contributed by atoms with van der Waals surface area (Å²) in [5, 5.41) is 14.7. The predicted octanol–water partition coefficient (Wildman–Crippen LogP) is 4.49. The highest BCUT2D eigenvalue weighted by molar-refractivity contribution is 7.99. The first-order valence-electron chi connectivity index (χ1n) is 8.77. The van der Waals surface area contributed by atoms with Crippen molar-refractivity contribution in [1.82, 2.24) is 20.2 Å². The maximum absolute atomic E-state index is 12.7. The second-order valence-electron chi connectivity index (χ2n) is 6.53. The van der Waals surface area contributed by atoms with Crippen LogP contribution in [-0.2, 0) is 4.79 Å². The zero-order valence-corrected chi connectivity index (χ0v) is 17.9. The van der Waals surface area contributed by atoms with Gasteiger partial charge in [-0.25, -0.2) is 0 Å². The van der Waals surface area contributed by atoms with E-state index in [-0.39, 0.29) is 17.4 Å². The van der Waals surface area contributed by atoms with E-state index in [9.17, 15) is 13.6 Å². The molecule has 0 aliphatic heterocycles. The number of hydrogen-bond acceptors (Lipinski definition) is 6. The molecular weight excluding hydrogens is 436 g/mol. The van der Waals surface area contributed by atoms with Gasteiger partial charge in [-0.15, -0.1) is 13.9 Å². The van der Waals surface area contributed by atoms with Crippen LogP contribution >= 0.6 is 23.4 Å². The van der Waals surface area contributed by atoms with E-state index in [1.54, 1.807) is 0 Å². The van der Waals surface area contributed by atoms with E-state index in [0.29, 0.717) is 10.8 Å². The van der Waals surface area contributed by atoms with Crippen molar-refractivity contribution in [2.45, 2.75) is 31.5 Å². The number of amides is 1. The van der Waals surface area contributed by atoms with Crippen molar-refractivity contribution >= 4 is 35.0 Å². The molecule has 0 atom stereocenters. The number of halogens is 3. The predicted molar refractivity (Wildman–Crippen MR) is 111 cm³/mol. The van der Waals surface area contributed by atoms with Gasteiger partial charge in [-0.2, -0.15) is 4.68 Å². The first-order chi connectivity index (χ1) is 14.1. The third kappa shape index (κ3) is 5.67. The van der Waals surface area contributed by atoms with E-state index in [4.69, 9.17) is 11.6 Å². The Kier molecular flexibility index (Phi) is 6.57. The lowest BCUT2D eigenvalue weighted by Crippen LogP contribution is -2.16. The van der Waals surface area contributed by atoms with Crippen molar-refractivity contribution in [3.05, 3.63) is 53.1 Å². The van der Waals surface area contributed by atoms with E-state index in [2.05, 4.69) is 25.6 Å². The Morgan fingerprint density at radius 2 is 1.83 bits per heavy atom. The van der Waals surface area contributed by atoms with E-state index in [0.717, 1.165) is 34.1 Å². The summed E-state index contributed by atoms with van der Waals surface area (Å²) in [6, 6.07) is 9.64. The molecule has 0 radical (unpaired) electrons. The second-order valence-corrected chi connectivity index (χ2v) is 7.91. The van der Waals surface area contributed by atoms with Gasteiger partial charge in [0.1, 0.15) is 5.75 Å². The third-order valence-electron chi connectivity index (χ3n) is 4.03. The first kappa shape index (κ1) is 22.0. The highest BCUT2D eigenvalue weighted by Gasteiger charge is 2.27. The molecule has 1 aromatic heterocycles. The number of tetrazole rings is 1. The maximum atomic E-state index is 12.7. The van der Waals surface area contributed by atoms with Crippen LogP contribution in [0.15, 0.2) is 41.6 Å². The maximum Gasteiger partial charge on any atom is 0.487 e. The first-order valence-corrected chi connectivity index (χ1v) is 10.1. The van der Waals surface area contributed by atoms with Crippen molar-refractivity contribution in [2.24, 2.45) is 0 Å². The number of aromatic nitrogens is 4. The number of nitrogens with one attached hydrogen (secondary N) is 1. The molecule has 158 valence electrons.